The average Bonchev–Trinajstić information content (AvgIpc) is 2.19. The van der Waals surface area contributed by atoms with Crippen molar-refractivity contribution in [3.63, 3.8) is 0 Å². The summed E-state index contributed by atoms with van der Waals surface area (Å²) in [6, 6.07) is 7.75. The molecular formula is C11H16ClNO. The molecule has 2 N–H and O–H groups in total. The highest BCUT2D eigenvalue weighted by Gasteiger charge is 2.09. The lowest BCUT2D eigenvalue weighted by molar-refractivity contribution is 0.221. The summed E-state index contributed by atoms with van der Waals surface area (Å²) in [7, 11) is 0. The van der Waals surface area contributed by atoms with E-state index in [1.165, 1.54) is 0 Å². The van der Waals surface area contributed by atoms with E-state index in [2.05, 4.69) is 0 Å². The number of benzene rings is 1. The number of nitrogens with two attached hydrogens (primary N) is 1. The summed E-state index contributed by atoms with van der Waals surface area (Å²) in [5.74, 6) is 0.835. The van der Waals surface area contributed by atoms with Crippen molar-refractivity contribution in [2.45, 2.75) is 31.9 Å². The summed E-state index contributed by atoms with van der Waals surface area (Å²) in [6.45, 7) is 4.43. The van der Waals surface area contributed by atoms with Crippen molar-refractivity contribution in [1.29, 1.82) is 0 Å². The van der Waals surface area contributed by atoms with Gasteiger partial charge in [0.1, 0.15) is 11.9 Å². The number of halogens is 1. The van der Waals surface area contributed by atoms with Gasteiger partial charge in [-0.1, -0.05) is 12.1 Å². The first-order valence-corrected chi connectivity index (χ1v) is 5.17. The van der Waals surface area contributed by atoms with Crippen molar-refractivity contribution in [3.8, 4) is 5.75 Å². The van der Waals surface area contributed by atoms with Crippen LogP contribution in [-0.2, 0) is 6.54 Å². The lowest BCUT2D eigenvalue weighted by Crippen LogP contribution is -2.21. The average molecular weight is 214 g/mol. The standard InChI is InChI=1S/C11H16ClNO/c1-8(12)9(2)14-11-5-3-10(7-13)4-6-11/h3-6,8-9H,7,13H2,1-2H3/t8?,9-/m0/s1. The van der Waals surface area contributed by atoms with Gasteiger partial charge in [-0.15, -0.1) is 11.6 Å². The summed E-state index contributed by atoms with van der Waals surface area (Å²) in [4.78, 5) is 0. The van der Waals surface area contributed by atoms with E-state index in [0.29, 0.717) is 6.54 Å². The topological polar surface area (TPSA) is 35.2 Å². The molecule has 1 unspecified atom stereocenters. The molecule has 0 heterocycles. The summed E-state index contributed by atoms with van der Waals surface area (Å²) < 4.78 is 5.60. The minimum Gasteiger partial charge on any atom is -0.489 e. The quantitative estimate of drug-likeness (QED) is 0.781. The maximum atomic E-state index is 5.89. The predicted molar refractivity (Wildman–Crippen MR) is 59.7 cm³/mol. The van der Waals surface area contributed by atoms with E-state index in [0.717, 1.165) is 11.3 Å². The van der Waals surface area contributed by atoms with Crippen LogP contribution >= 0.6 is 11.6 Å². The number of hydrogen-bond acceptors (Lipinski definition) is 2. The molecule has 0 aliphatic rings. The van der Waals surface area contributed by atoms with E-state index in [1.807, 2.05) is 38.1 Å². The van der Waals surface area contributed by atoms with Gasteiger partial charge >= 0.3 is 0 Å². The van der Waals surface area contributed by atoms with Gasteiger partial charge in [0, 0.05) is 6.54 Å². The predicted octanol–water partition coefficient (Wildman–Crippen LogP) is 2.54. The SMILES string of the molecule is CC(Cl)[C@H](C)Oc1ccc(CN)cc1. The maximum absolute atomic E-state index is 5.89. The van der Waals surface area contributed by atoms with Crippen LogP contribution in [0.4, 0.5) is 0 Å². The normalized spacial score (nSPS) is 14.9. The molecule has 14 heavy (non-hydrogen) atoms. The Morgan fingerprint density at radius 2 is 1.86 bits per heavy atom. The molecule has 2 atom stereocenters. The molecule has 0 aliphatic carbocycles. The molecule has 0 aromatic heterocycles. The van der Waals surface area contributed by atoms with Crippen LogP contribution in [0.5, 0.6) is 5.75 Å². The molecule has 0 amide bonds. The van der Waals surface area contributed by atoms with E-state index < -0.39 is 0 Å². The zero-order chi connectivity index (χ0) is 10.6. The molecule has 0 bridgehead atoms. The molecule has 1 aromatic carbocycles. The van der Waals surface area contributed by atoms with Crippen LogP contribution < -0.4 is 10.5 Å². The Hall–Kier alpha value is -0.730. The fourth-order valence-corrected chi connectivity index (χ4v) is 1.06. The van der Waals surface area contributed by atoms with Crippen molar-refractivity contribution in [3.05, 3.63) is 29.8 Å². The fraction of sp³-hybridized carbons (Fsp3) is 0.455. The third-order valence-corrected chi connectivity index (χ3v) is 2.48. The Labute approximate surface area is 90.0 Å². The van der Waals surface area contributed by atoms with E-state index in [1.54, 1.807) is 0 Å². The van der Waals surface area contributed by atoms with E-state index in [-0.39, 0.29) is 11.5 Å². The molecule has 78 valence electrons. The third kappa shape index (κ3) is 3.20. The van der Waals surface area contributed by atoms with Crippen molar-refractivity contribution >= 4 is 11.6 Å². The van der Waals surface area contributed by atoms with Crippen LogP contribution in [0.15, 0.2) is 24.3 Å². The van der Waals surface area contributed by atoms with Crippen LogP contribution in [0.25, 0.3) is 0 Å². The van der Waals surface area contributed by atoms with Gasteiger partial charge in [-0.05, 0) is 31.5 Å². The lowest BCUT2D eigenvalue weighted by Gasteiger charge is -2.16. The van der Waals surface area contributed by atoms with Crippen LogP contribution in [-0.4, -0.2) is 11.5 Å². The van der Waals surface area contributed by atoms with Crippen LogP contribution in [0.1, 0.15) is 19.4 Å². The second-order valence-electron chi connectivity index (χ2n) is 3.35. The van der Waals surface area contributed by atoms with E-state index >= 15 is 0 Å². The molecule has 1 aromatic rings. The van der Waals surface area contributed by atoms with Crippen molar-refractivity contribution in [2.24, 2.45) is 5.73 Å². The van der Waals surface area contributed by atoms with Crippen molar-refractivity contribution < 1.29 is 4.74 Å². The molecular weight excluding hydrogens is 198 g/mol. The highest BCUT2D eigenvalue weighted by Crippen LogP contribution is 2.16. The van der Waals surface area contributed by atoms with Gasteiger partial charge in [-0.25, -0.2) is 0 Å². The Kier molecular flexibility index (Phi) is 4.23. The molecule has 0 saturated carbocycles. The van der Waals surface area contributed by atoms with Crippen LogP contribution in [0.2, 0.25) is 0 Å². The molecule has 1 rings (SSSR count). The van der Waals surface area contributed by atoms with E-state index in [9.17, 15) is 0 Å². The number of rotatable bonds is 4. The monoisotopic (exact) mass is 213 g/mol. The van der Waals surface area contributed by atoms with Gasteiger partial charge in [-0.2, -0.15) is 0 Å². The van der Waals surface area contributed by atoms with Gasteiger partial charge in [0.2, 0.25) is 0 Å². The van der Waals surface area contributed by atoms with Gasteiger partial charge in [0.25, 0.3) is 0 Å². The molecule has 0 fully saturated rings. The highest BCUT2D eigenvalue weighted by molar-refractivity contribution is 6.20. The molecule has 0 saturated heterocycles. The van der Waals surface area contributed by atoms with Gasteiger partial charge in [0.05, 0.1) is 5.38 Å². The van der Waals surface area contributed by atoms with E-state index in [4.69, 9.17) is 22.1 Å². The first-order chi connectivity index (χ1) is 6.63. The second kappa shape index (κ2) is 5.23. The smallest absolute Gasteiger partial charge is 0.119 e. The summed E-state index contributed by atoms with van der Waals surface area (Å²) in [5.41, 5.74) is 6.59. The molecule has 0 radical (unpaired) electrons. The van der Waals surface area contributed by atoms with Crippen LogP contribution in [0.3, 0.4) is 0 Å². The minimum atomic E-state index is 0.00388. The fourth-order valence-electron chi connectivity index (χ4n) is 1.01. The largest absolute Gasteiger partial charge is 0.489 e. The van der Waals surface area contributed by atoms with Crippen LogP contribution in [0, 0.1) is 0 Å². The summed E-state index contributed by atoms with van der Waals surface area (Å²) in [6.07, 6.45) is 0.0143. The Morgan fingerprint density at radius 1 is 1.29 bits per heavy atom. The first kappa shape index (κ1) is 11.3. The molecule has 0 aliphatic heterocycles. The molecule has 2 nitrogen and oxygen atoms in total. The minimum absolute atomic E-state index is 0.00388. The number of alkyl halides is 1. The number of ether oxygens (including phenoxy) is 1. The summed E-state index contributed by atoms with van der Waals surface area (Å²) in [5, 5.41) is 0.00388. The maximum Gasteiger partial charge on any atom is 0.119 e. The van der Waals surface area contributed by atoms with Gasteiger partial charge in [-0.3, -0.25) is 0 Å². The second-order valence-corrected chi connectivity index (χ2v) is 4.04. The zero-order valence-corrected chi connectivity index (χ0v) is 9.29. The van der Waals surface area contributed by atoms with Crippen molar-refractivity contribution in [1.82, 2.24) is 0 Å². The lowest BCUT2D eigenvalue weighted by atomic mass is 10.2. The first-order valence-electron chi connectivity index (χ1n) is 4.73. The third-order valence-electron chi connectivity index (χ3n) is 2.13. The van der Waals surface area contributed by atoms with Gasteiger partial charge < -0.3 is 10.5 Å². The summed E-state index contributed by atoms with van der Waals surface area (Å²) >= 11 is 5.89. The Morgan fingerprint density at radius 3 is 2.29 bits per heavy atom. The Bertz CT molecular complexity index is 271. The molecule has 0 spiro atoms. The Balaban J connectivity index is 2.59. The molecule has 3 heteroatoms. The van der Waals surface area contributed by atoms with Gasteiger partial charge in [0.15, 0.2) is 0 Å². The van der Waals surface area contributed by atoms with Crippen molar-refractivity contribution in [2.75, 3.05) is 0 Å². The zero-order valence-electron chi connectivity index (χ0n) is 8.53. The number of hydrogen-bond donors (Lipinski definition) is 1. The highest BCUT2D eigenvalue weighted by atomic mass is 35.5.